The number of carbonyl (C=O) groups excluding carboxylic acids is 1. The predicted molar refractivity (Wildman–Crippen MR) is 133 cm³/mol. The highest BCUT2D eigenvalue weighted by Crippen LogP contribution is 2.37. The molecule has 0 spiro atoms. The van der Waals surface area contributed by atoms with Crippen LogP contribution in [0.25, 0.3) is 17.4 Å². The standard InChI is InChI=1S/C25H16BrN3O2S/c26-18-11-9-17(10-12-18)21-14-13-20(31-21)16-22-24(30)29(19-6-2-1-3-7-19)25(32-22)28-23-8-4-5-15-27-23/h1-16H/b22-16+,28-25+. The molecule has 5 rings (SSSR count). The van der Waals surface area contributed by atoms with Crippen LogP contribution in [0.1, 0.15) is 5.76 Å². The van der Waals surface area contributed by atoms with Crippen LogP contribution < -0.4 is 4.90 Å². The molecular weight excluding hydrogens is 486 g/mol. The van der Waals surface area contributed by atoms with Crippen LogP contribution in [0.4, 0.5) is 11.5 Å². The topological polar surface area (TPSA) is 58.7 Å². The molecule has 1 aliphatic rings. The number of nitrogens with zero attached hydrogens (tertiary/aromatic N) is 3. The molecule has 32 heavy (non-hydrogen) atoms. The van der Waals surface area contributed by atoms with Crippen LogP contribution in [0.2, 0.25) is 0 Å². The maximum atomic E-state index is 13.3. The first-order chi connectivity index (χ1) is 15.7. The molecule has 0 aliphatic carbocycles. The third-order valence-electron chi connectivity index (χ3n) is 4.71. The molecule has 1 saturated heterocycles. The van der Waals surface area contributed by atoms with Crippen molar-refractivity contribution in [1.29, 1.82) is 0 Å². The highest BCUT2D eigenvalue weighted by molar-refractivity contribution is 9.10. The molecule has 1 fully saturated rings. The number of hydrogen-bond donors (Lipinski definition) is 0. The van der Waals surface area contributed by atoms with Crippen molar-refractivity contribution in [3.05, 3.63) is 106 Å². The second-order valence-electron chi connectivity index (χ2n) is 6.88. The zero-order valence-electron chi connectivity index (χ0n) is 16.7. The molecule has 0 N–H and O–H groups in total. The van der Waals surface area contributed by atoms with Gasteiger partial charge in [0.05, 0.1) is 10.6 Å². The monoisotopic (exact) mass is 501 g/mol. The number of anilines is 1. The average molecular weight is 502 g/mol. The van der Waals surface area contributed by atoms with Gasteiger partial charge in [-0.1, -0.05) is 52.3 Å². The molecule has 1 amide bonds. The number of aliphatic imine (C=N–C) groups is 1. The third kappa shape index (κ3) is 4.30. The Balaban J connectivity index is 1.50. The molecule has 156 valence electrons. The summed E-state index contributed by atoms with van der Waals surface area (Å²) in [7, 11) is 0. The zero-order valence-corrected chi connectivity index (χ0v) is 19.1. The van der Waals surface area contributed by atoms with Crippen molar-refractivity contribution >= 4 is 56.3 Å². The summed E-state index contributed by atoms with van der Waals surface area (Å²) in [6.45, 7) is 0. The fourth-order valence-electron chi connectivity index (χ4n) is 3.20. The number of pyridine rings is 1. The number of thioether (sulfide) groups is 1. The van der Waals surface area contributed by atoms with Crippen LogP contribution >= 0.6 is 27.7 Å². The van der Waals surface area contributed by atoms with Gasteiger partial charge in [0.15, 0.2) is 11.0 Å². The van der Waals surface area contributed by atoms with Crippen LogP contribution in [0, 0.1) is 0 Å². The van der Waals surface area contributed by atoms with Gasteiger partial charge in [-0.15, -0.1) is 0 Å². The highest BCUT2D eigenvalue weighted by atomic mass is 79.9. The van der Waals surface area contributed by atoms with E-state index in [4.69, 9.17) is 4.42 Å². The molecule has 7 heteroatoms. The Kier molecular flexibility index (Phi) is 5.75. The maximum absolute atomic E-state index is 13.3. The summed E-state index contributed by atoms with van der Waals surface area (Å²) in [5.74, 6) is 1.73. The first-order valence-electron chi connectivity index (χ1n) is 9.82. The Morgan fingerprint density at radius 1 is 0.938 bits per heavy atom. The predicted octanol–water partition coefficient (Wildman–Crippen LogP) is 6.91. The van der Waals surface area contributed by atoms with Gasteiger partial charge in [-0.05, 0) is 60.3 Å². The number of benzene rings is 2. The van der Waals surface area contributed by atoms with E-state index >= 15 is 0 Å². The molecule has 0 bridgehead atoms. The first-order valence-corrected chi connectivity index (χ1v) is 11.4. The molecule has 0 radical (unpaired) electrons. The lowest BCUT2D eigenvalue weighted by Gasteiger charge is -2.15. The number of halogens is 1. The minimum absolute atomic E-state index is 0.155. The normalized spacial score (nSPS) is 16.3. The van der Waals surface area contributed by atoms with Gasteiger partial charge in [-0.2, -0.15) is 0 Å². The fraction of sp³-hybridized carbons (Fsp3) is 0. The van der Waals surface area contributed by atoms with Gasteiger partial charge in [0.2, 0.25) is 0 Å². The van der Waals surface area contributed by atoms with Gasteiger partial charge in [0.25, 0.3) is 5.91 Å². The van der Waals surface area contributed by atoms with Crippen molar-refractivity contribution < 1.29 is 9.21 Å². The van der Waals surface area contributed by atoms with E-state index in [-0.39, 0.29) is 5.91 Å². The number of amidine groups is 1. The van der Waals surface area contributed by atoms with Crippen molar-refractivity contribution in [2.24, 2.45) is 4.99 Å². The molecule has 4 aromatic rings. The van der Waals surface area contributed by atoms with E-state index in [1.807, 2.05) is 78.9 Å². The molecule has 1 aliphatic heterocycles. The number of furan rings is 1. The zero-order chi connectivity index (χ0) is 21.9. The summed E-state index contributed by atoms with van der Waals surface area (Å²) in [5.41, 5.74) is 1.71. The van der Waals surface area contributed by atoms with Crippen molar-refractivity contribution in [3.63, 3.8) is 0 Å². The van der Waals surface area contributed by atoms with E-state index in [0.717, 1.165) is 21.5 Å². The van der Waals surface area contributed by atoms with Crippen molar-refractivity contribution in [2.45, 2.75) is 0 Å². The number of aromatic nitrogens is 1. The Labute approximate surface area is 197 Å². The largest absolute Gasteiger partial charge is 0.457 e. The third-order valence-corrected chi connectivity index (χ3v) is 6.21. The van der Waals surface area contributed by atoms with Crippen LogP contribution in [-0.2, 0) is 4.79 Å². The second kappa shape index (κ2) is 8.98. The van der Waals surface area contributed by atoms with Crippen molar-refractivity contribution in [3.8, 4) is 11.3 Å². The maximum Gasteiger partial charge on any atom is 0.271 e. The molecule has 0 unspecified atom stereocenters. The van der Waals surface area contributed by atoms with Gasteiger partial charge in [-0.25, -0.2) is 9.98 Å². The van der Waals surface area contributed by atoms with E-state index < -0.39 is 0 Å². The van der Waals surface area contributed by atoms with Crippen LogP contribution in [0.5, 0.6) is 0 Å². The lowest BCUT2D eigenvalue weighted by atomic mass is 10.2. The molecule has 3 heterocycles. The molecule has 2 aromatic carbocycles. The van der Waals surface area contributed by atoms with E-state index in [0.29, 0.717) is 21.7 Å². The van der Waals surface area contributed by atoms with E-state index in [1.54, 1.807) is 23.2 Å². The average Bonchev–Trinajstić information content (AvgIpc) is 3.40. The number of rotatable bonds is 4. The molecule has 0 atom stereocenters. The minimum Gasteiger partial charge on any atom is -0.457 e. The Morgan fingerprint density at radius 3 is 2.47 bits per heavy atom. The number of carbonyl (C=O) groups is 1. The summed E-state index contributed by atoms with van der Waals surface area (Å²) in [5, 5.41) is 0.547. The first kappa shape index (κ1) is 20.5. The molecule has 0 saturated carbocycles. The quantitative estimate of drug-likeness (QED) is 0.285. The Morgan fingerprint density at radius 2 is 1.72 bits per heavy atom. The molecule has 2 aromatic heterocycles. The molecular formula is C25H16BrN3O2S. The Hall–Kier alpha value is -3.42. The van der Waals surface area contributed by atoms with E-state index in [9.17, 15) is 4.79 Å². The van der Waals surface area contributed by atoms with Gasteiger partial charge >= 0.3 is 0 Å². The summed E-state index contributed by atoms with van der Waals surface area (Å²) in [4.78, 5) is 24.3. The van der Waals surface area contributed by atoms with E-state index in [1.165, 1.54) is 11.8 Å². The Bertz CT molecular complexity index is 1320. The SMILES string of the molecule is O=C1/C(=C\c2ccc(-c3ccc(Br)cc3)o2)S/C(=N/c2ccccn2)N1c1ccccc1. The van der Waals surface area contributed by atoms with Crippen LogP contribution in [-0.4, -0.2) is 16.1 Å². The van der Waals surface area contributed by atoms with E-state index in [2.05, 4.69) is 25.9 Å². The summed E-state index contributed by atoms with van der Waals surface area (Å²) in [6.07, 6.45) is 3.43. The van der Waals surface area contributed by atoms with Gasteiger partial charge in [0, 0.05) is 22.3 Å². The van der Waals surface area contributed by atoms with Gasteiger partial charge in [0.1, 0.15) is 11.5 Å². The van der Waals surface area contributed by atoms with Crippen LogP contribution in [0.15, 0.2) is 110 Å². The highest BCUT2D eigenvalue weighted by Gasteiger charge is 2.35. The summed E-state index contributed by atoms with van der Waals surface area (Å²) < 4.78 is 6.99. The number of amides is 1. The minimum atomic E-state index is -0.155. The molecule has 5 nitrogen and oxygen atoms in total. The number of para-hydroxylation sites is 1. The number of hydrogen-bond acceptors (Lipinski definition) is 5. The van der Waals surface area contributed by atoms with Gasteiger partial charge < -0.3 is 4.42 Å². The summed E-state index contributed by atoms with van der Waals surface area (Å²) >= 11 is 4.74. The summed E-state index contributed by atoms with van der Waals surface area (Å²) in [6, 6.07) is 26.6. The second-order valence-corrected chi connectivity index (χ2v) is 8.80. The van der Waals surface area contributed by atoms with Crippen molar-refractivity contribution in [2.75, 3.05) is 4.90 Å². The van der Waals surface area contributed by atoms with Crippen LogP contribution in [0.3, 0.4) is 0 Å². The van der Waals surface area contributed by atoms with Crippen molar-refractivity contribution in [1.82, 2.24) is 4.98 Å². The van der Waals surface area contributed by atoms with Gasteiger partial charge in [-0.3, -0.25) is 9.69 Å². The smallest absolute Gasteiger partial charge is 0.271 e. The fourth-order valence-corrected chi connectivity index (χ4v) is 4.43. The lowest BCUT2D eigenvalue weighted by molar-refractivity contribution is -0.113. The lowest BCUT2D eigenvalue weighted by Crippen LogP contribution is -2.28.